The minimum Gasteiger partial charge on any atom is -0.463 e. The van der Waals surface area contributed by atoms with Gasteiger partial charge in [-0.25, -0.2) is 4.39 Å². The SMILES string of the molecule is CCC(Oc1ccc(=O)n(-c2ccc(F)cc2)n1)C(=O)Nc1ccc(C)cc1C. The third-order valence-corrected chi connectivity index (χ3v) is 4.41. The normalized spacial score (nSPS) is 11.7. The summed E-state index contributed by atoms with van der Waals surface area (Å²) in [5.41, 5.74) is 2.78. The number of hydrogen-bond acceptors (Lipinski definition) is 4. The van der Waals surface area contributed by atoms with Crippen LogP contribution in [0.25, 0.3) is 5.69 Å². The van der Waals surface area contributed by atoms with Crippen molar-refractivity contribution in [1.29, 1.82) is 0 Å². The van der Waals surface area contributed by atoms with Gasteiger partial charge in [-0.3, -0.25) is 9.59 Å². The average molecular weight is 395 g/mol. The van der Waals surface area contributed by atoms with E-state index in [0.29, 0.717) is 17.8 Å². The minimum absolute atomic E-state index is 0.122. The van der Waals surface area contributed by atoms with E-state index in [0.717, 1.165) is 15.8 Å². The highest BCUT2D eigenvalue weighted by Gasteiger charge is 2.20. The van der Waals surface area contributed by atoms with Gasteiger partial charge in [0.2, 0.25) is 5.88 Å². The monoisotopic (exact) mass is 395 g/mol. The maximum absolute atomic E-state index is 13.1. The number of rotatable bonds is 6. The lowest BCUT2D eigenvalue weighted by Gasteiger charge is -2.18. The number of hydrogen-bond donors (Lipinski definition) is 1. The molecule has 29 heavy (non-hydrogen) atoms. The van der Waals surface area contributed by atoms with Crippen molar-refractivity contribution >= 4 is 11.6 Å². The van der Waals surface area contributed by atoms with Gasteiger partial charge >= 0.3 is 0 Å². The lowest BCUT2D eigenvalue weighted by Crippen LogP contribution is -2.33. The Morgan fingerprint density at radius 3 is 2.52 bits per heavy atom. The van der Waals surface area contributed by atoms with Crippen LogP contribution in [0.5, 0.6) is 5.88 Å². The Hall–Kier alpha value is -3.48. The smallest absolute Gasteiger partial charge is 0.271 e. The molecular formula is C22H22FN3O3. The molecule has 0 spiro atoms. The molecule has 1 amide bonds. The largest absolute Gasteiger partial charge is 0.463 e. The molecule has 0 saturated carbocycles. The molecule has 0 saturated heterocycles. The Morgan fingerprint density at radius 1 is 1.14 bits per heavy atom. The predicted octanol–water partition coefficient (Wildman–Crippen LogP) is 3.78. The molecule has 0 radical (unpaired) electrons. The molecule has 7 heteroatoms. The van der Waals surface area contributed by atoms with Crippen LogP contribution in [0.1, 0.15) is 24.5 Å². The Bertz CT molecular complexity index is 1080. The first-order chi connectivity index (χ1) is 13.9. The molecule has 0 bridgehead atoms. The minimum atomic E-state index is -0.789. The molecule has 3 aromatic rings. The molecule has 1 aromatic heterocycles. The first-order valence-corrected chi connectivity index (χ1v) is 9.28. The van der Waals surface area contributed by atoms with E-state index in [2.05, 4.69) is 10.4 Å². The lowest BCUT2D eigenvalue weighted by atomic mass is 10.1. The molecule has 0 aliphatic carbocycles. The summed E-state index contributed by atoms with van der Waals surface area (Å²) in [6.45, 7) is 5.73. The number of carbonyl (C=O) groups is 1. The van der Waals surface area contributed by atoms with E-state index >= 15 is 0 Å². The Balaban J connectivity index is 1.79. The molecule has 1 heterocycles. The van der Waals surface area contributed by atoms with Gasteiger partial charge in [-0.15, -0.1) is 5.10 Å². The zero-order valence-electron chi connectivity index (χ0n) is 16.5. The third kappa shape index (κ3) is 4.87. The van der Waals surface area contributed by atoms with Crippen LogP contribution in [-0.2, 0) is 4.79 Å². The number of anilines is 1. The molecule has 2 aromatic carbocycles. The second kappa shape index (κ2) is 8.68. The fourth-order valence-electron chi connectivity index (χ4n) is 2.86. The van der Waals surface area contributed by atoms with Gasteiger partial charge in [0.05, 0.1) is 5.69 Å². The lowest BCUT2D eigenvalue weighted by molar-refractivity contribution is -0.123. The molecule has 1 unspecified atom stereocenters. The number of nitrogens with one attached hydrogen (secondary N) is 1. The fraction of sp³-hybridized carbons (Fsp3) is 0.227. The highest BCUT2D eigenvalue weighted by molar-refractivity contribution is 5.95. The summed E-state index contributed by atoms with van der Waals surface area (Å²) >= 11 is 0. The van der Waals surface area contributed by atoms with Gasteiger partial charge < -0.3 is 10.1 Å². The first kappa shape index (κ1) is 20.3. The third-order valence-electron chi connectivity index (χ3n) is 4.41. The summed E-state index contributed by atoms with van der Waals surface area (Å²) in [6.07, 6.45) is -0.379. The number of ether oxygens (including phenoxy) is 1. The summed E-state index contributed by atoms with van der Waals surface area (Å²) in [5.74, 6) is -0.597. The van der Waals surface area contributed by atoms with Crippen molar-refractivity contribution in [1.82, 2.24) is 9.78 Å². The molecule has 0 aliphatic rings. The van der Waals surface area contributed by atoms with E-state index in [9.17, 15) is 14.0 Å². The van der Waals surface area contributed by atoms with E-state index in [1.807, 2.05) is 39.0 Å². The van der Waals surface area contributed by atoms with Crippen molar-refractivity contribution in [2.24, 2.45) is 0 Å². The van der Waals surface area contributed by atoms with Crippen LogP contribution in [-0.4, -0.2) is 21.8 Å². The maximum Gasteiger partial charge on any atom is 0.271 e. The van der Waals surface area contributed by atoms with Gasteiger partial charge in [0.15, 0.2) is 6.10 Å². The van der Waals surface area contributed by atoms with Gasteiger partial charge in [-0.1, -0.05) is 24.6 Å². The summed E-state index contributed by atoms with van der Waals surface area (Å²) in [7, 11) is 0. The van der Waals surface area contributed by atoms with E-state index in [1.165, 1.54) is 36.4 Å². The van der Waals surface area contributed by atoms with E-state index in [1.54, 1.807) is 0 Å². The van der Waals surface area contributed by atoms with Crippen molar-refractivity contribution in [3.05, 3.63) is 81.9 Å². The number of carbonyl (C=O) groups excluding carboxylic acids is 1. The van der Waals surface area contributed by atoms with E-state index < -0.39 is 17.5 Å². The number of halogens is 1. The van der Waals surface area contributed by atoms with Gasteiger partial charge in [0.1, 0.15) is 5.82 Å². The van der Waals surface area contributed by atoms with Crippen LogP contribution in [0.15, 0.2) is 59.4 Å². The number of amides is 1. The molecule has 0 aliphatic heterocycles. The van der Waals surface area contributed by atoms with Crippen LogP contribution < -0.4 is 15.6 Å². The van der Waals surface area contributed by atoms with Crippen LogP contribution in [0.2, 0.25) is 0 Å². The molecule has 3 rings (SSSR count). The summed E-state index contributed by atoms with van der Waals surface area (Å²) < 4.78 is 20.0. The Kier molecular flexibility index (Phi) is 6.07. The van der Waals surface area contributed by atoms with Crippen molar-refractivity contribution in [2.45, 2.75) is 33.3 Å². The Morgan fingerprint density at radius 2 is 1.86 bits per heavy atom. The topological polar surface area (TPSA) is 73.2 Å². The summed E-state index contributed by atoms with van der Waals surface area (Å²) in [6, 6.07) is 13.8. The predicted molar refractivity (Wildman–Crippen MR) is 109 cm³/mol. The zero-order valence-corrected chi connectivity index (χ0v) is 16.5. The second-order valence-electron chi connectivity index (χ2n) is 6.72. The second-order valence-corrected chi connectivity index (χ2v) is 6.72. The quantitative estimate of drug-likeness (QED) is 0.689. The van der Waals surface area contributed by atoms with E-state index in [-0.39, 0.29) is 11.8 Å². The molecule has 1 atom stereocenters. The first-order valence-electron chi connectivity index (χ1n) is 9.28. The van der Waals surface area contributed by atoms with Gasteiger partial charge in [-0.2, -0.15) is 4.68 Å². The van der Waals surface area contributed by atoms with Crippen LogP contribution in [0, 0.1) is 19.7 Å². The Labute approximate surface area is 168 Å². The average Bonchev–Trinajstić information content (AvgIpc) is 2.70. The van der Waals surface area contributed by atoms with Gasteiger partial charge in [0.25, 0.3) is 11.5 Å². The molecule has 1 N–H and O–H groups in total. The summed E-state index contributed by atoms with van der Waals surface area (Å²) in [4.78, 5) is 24.8. The highest BCUT2D eigenvalue weighted by atomic mass is 19.1. The van der Waals surface area contributed by atoms with Crippen molar-refractivity contribution in [3.63, 3.8) is 0 Å². The van der Waals surface area contributed by atoms with Crippen LogP contribution >= 0.6 is 0 Å². The zero-order chi connectivity index (χ0) is 21.0. The van der Waals surface area contributed by atoms with Crippen molar-refractivity contribution in [2.75, 3.05) is 5.32 Å². The van der Waals surface area contributed by atoms with Gasteiger partial charge in [0, 0.05) is 17.8 Å². The molecule has 6 nitrogen and oxygen atoms in total. The number of aryl methyl sites for hydroxylation is 2. The standard InChI is InChI=1S/C22H22FN3O3/c1-4-19(22(28)24-18-10-5-14(2)13-15(18)3)29-20-11-12-21(27)26(25-20)17-8-6-16(23)7-9-17/h5-13,19H,4H2,1-3H3,(H,24,28). The molecule has 150 valence electrons. The van der Waals surface area contributed by atoms with Gasteiger partial charge in [-0.05, 0) is 56.2 Å². The van der Waals surface area contributed by atoms with Crippen LogP contribution in [0.4, 0.5) is 10.1 Å². The number of benzene rings is 2. The number of nitrogens with zero attached hydrogens (tertiary/aromatic N) is 2. The fourth-order valence-corrected chi connectivity index (χ4v) is 2.86. The highest BCUT2D eigenvalue weighted by Crippen LogP contribution is 2.18. The molecular weight excluding hydrogens is 373 g/mol. The summed E-state index contributed by atoms with van der Waals surface area (Å²) in [5, 5.41) is 7.03. The van der Waals surface area contributed by atoms with Crippen molar-refractivity contribution in [3.8, 4) is 11.6 Å². The maximum atomic E-state index is 13.1. The van der Waals surface area contributed by atoms with E-state index in [4.69, 9.17) is 4.74 Å². The van der Waals surface area contributed by atoms with Crippen molar-refractivity contribution < 1.29 is 13.9 Å². The number of aromatic nitrogens is 2. The molecule has 0 fully saturated rings. The van der Waals surface area contributed by atoms with Crippen LogP contribution in [0.3, 0.4) is 0 Å².